The molecule has 82 valence electrons. The molecular weight excluding hydrogens is 235 g/mol. The molecule has 5 heteroatoms. The lowest BCUT2D eigenvalue weighted by molar-refractivity contribution is 0.131. The largest absolute Gasteiger partial charge is 0.391 e. The van der Waals surface area contributed by atoms with Crippen LogP contribution in [0.3, 0.4) is 0 Å². The second kappa shape index (κ2) is 6.67. The van der Waals surface area contributed by atoms with Crippen LogP contribution in [0.1, 0.15) is 12.0 Å². The topological polar surface area (TPSA) is 47.6 Å². The van der Waals surface area contributed by atoms with Crippen molar-refractivity contribution in [3.05, 3.63) is 33.8 Å². The van der Waals surface area contributed by atoms with Crippen LogP contribution >= 0.6 is 23.2 Å². The minimum atomic E-state index is 0.263. The molecule has 0 unspecified atom stereocenters. The lowest BCUT2D eigenvalue weighted by Crippen LogP contribution is -1.98. The molecule has 0 bridgehead atoms. The van der Waals surface area contributed by atoms with Crippen LogP contribution in [0, 0.1) is 0 Å². The van der Waals surface area contributed by atoms with Gasteiger partial charge in [0.25, 0.3) is 0 Å². The van der Waals surface area contributed by atoms with Gasteiger partial charge in [0.1, 0.15) is 6.61 Å². The first-order valence-electron chi connectivity index (χ1n) is 4.52. The van der Waals surface area contributed by atoms with Crippen LogP contribution < -0.4 is 5.73 Å². The summed E-state index contributed by atoms with van der Waals surface area (Å²) in [5, 5.41) is 4.88. The Balaban J connectivity index is 2.50. The zero-order chi connectivity index (χ0) is 11.1. The molecule has 15 heavy (non-hydrogen) atoms. The third kappa shape index (κ3) is 4.08. The first-order chi connectivity index (χ1) is 7.25. The Morgan fingerprint density at radius 3 is 2.60 bits per heavy atom. The van der Waals surface area contributed by atoms with Gasteiger partial charge in [-0.15, -0.1) is 0 Å². The van der Waals surface area contributed by atoms with Crippen molar-refractivity contribution in [1.82, 2.24) is 0 Å². The Morgan fingerprint density at radius 1 is 1.33 bits per heavy atom. The van der Waals surface area contributed by atoms with E-state index in [-0.39, 0.29) is 6.61 Å². The van der Waals surface area contributed by atoms with Gasteiger partial charge in [0, 0.05) is 21.8 Å². The van der Waals surface area contributed by atoms with Crippen LogP contribution in [0.15, 0.2) is 23.4 Å². The molecule has 0 spiro atoms. The van der Waals surface area contributed by atoms with E-state index in [1.54, 1.807) is 24.4 Å². The monoisotopic (exact) mass is 246 g/mol. The van der Waals surface area contributed by atoms with E-state index in [0.29, 0.717) is 23.0 Å². The first-order valence-corrected chi connectivity index (χ1v) is 5.28. The molecule has 0 radical (unpaired) electrons. The van der Waals surface area contributed by atoms with Crippen LogP contribution in [0.25, 0.3) is 0 Å². The standard InChI is InChI=1S/C10H12Cl2N2O/c11-9-3-1-4-10(12)8(9)7-15-14-6-2-5-13/h1,3-4,6H,2,5,7,13H2/b14-6+. The molecule has 0 atom stereocenters. The van der Waals surface area contributed by atoms with E-state index in [4.69, 9.17) is 33.8 Å². The maximum atomic E-state index is 5.93. The number of nitrogens with zero attached hydrogens (tertiary/aromatic N) is 1. The van der Waals surface area contributed by atoms with Gasteiger partial charge in [-0.05, 0) is 25.1 Å². The average molecular weight is 247 g/mol. The van der Waals surface area contributed by atoms with E-state index in [9.17, 15) is 0 Å². The highest BCUT2D eigenvalue weighted by atomic mass is 35.5. The summed E-state index contributed by atoms with van der Waals surface area (Å²) < 4.78 is 0. The van der Waals surface area contributed by atoms with Crippen molar-refractivity contribution < 1.29 is 4.84 Å². The molecule has 0 aliphatic heterocycles. The number of benzene rings is 1. The predicted octanol–water partition coefficient (Wildman–Crippen LogP) is 2.84. The summed E-state index contributed by atoms with van der Waals surface area (Å²) in [5.41, 5.74) is 6.02. The highest BCUT2D eigenvalue weighted by Gasteiger charge is 2.04. The minimum Gasteiger partial charge on any atom is -0.391 e. The molecule has 0 aromatic heterocycles. The Hall–Kier alpha value is -0.770. The third-order valence-electron chi connectivity index (χ3n) is 1.72. The highest BCUT2D eigenvalue weighted by molar-refractivity contribution is 6.35. The van der Waals surface area contributed by atoms with E-state index in [0.717, 1.165) is 5.56 Å². The quantitative estimate of drug-likeness (QED) is 0.642. The van der Waals surface area contributed by atoms with Crippen molar-refractivity contribution in [3.63, 3.8) is 0 Å². The van der Waals surface area contributed by atoms with Crippen molar-refractivity contribution in [2.45, 2.75) is 13.0 Å². The van der Waals surface area contributed by atoms with Crippen molar-refractivity contribution in [2.24, 2.45) is 10.9 Å². The summed E-state index contributed by atoms with van der Waals surface area (Å²) in [4.78, 5) is 5.03. The molecule has 1 aromatic carbocycles. The Kier molecular flexibility index (Phi) is 5.47. The predicted molar refractivity (Wildman–Crippen MR) is 63.4 cm³/mol. The molecular formula is C10H12Cl2N2O. The van der Waals surface area contributed by atoms with Gasteiger partial charge in [-0.2, -0.15) is 0 Å². The van der Waals surface area contributed by atoms with Gasteiger partial charge >= 0.3 is 0 Å². The lowest BCUT2D eigenvalue weighted by atomic mass is 10.2. The summed E-state index contributed by atoms with van der Waals surface area (Å²) in [6.45, 7) is 0.819. The van der Waals surface area contributed by atoms with E-state index < -0.39 is 0 Å². The Labute approximate surface area is 98.8 Å². The summed E-state index contributed by atoms with van der Waals surface area (Å²) in [6, 6.07) is 5.30. The molecule has 0 saturated carbocycles. The second-order valence-electron chi connectivity index (χ2n) is 2.84. The molecule has 0 amide bonds. The molecule has 0 saturated heterocycles. The molecule has 0 aliphatic carbocycles. The molecule has 1 aromatic rings. The van der Waals surface area contributed by atoms with Crippen LogP contribution in [0.5, 0.6) is 0 Å². The van der Waals surface area contributed by atoms with Gasteiger partial charge in [0.05, 0.1) is 0 Å². The maximum Gasteiger partial charge on any atom is 0.145 e. The highest BCUT2D eigenvalue weighted by Crippen LogP contribution is 2.24. The third-order valence-corrected chi connectivity index (χ3v) is 2.42. The number of rotatable bonds is 5. The van der Waals surface area contributed by atoms with Crippen molar-refractivity contribution in [3.8, 4) is 0 Å². The van der Waals surface area contributed by atoms with Gasteiger partial charge in [-0.1, -0.05) is 34.4 Å². The Bertz CT molecular complexity index is 322. The zero-order valence-electron chi connectivity index (χ0n) is 8.12. The van der Waals surface area contributed by atoms with Crippen LogP contribution in [-0.2, 0) is 11.4 Å². The lowest BCUT2D eigenvalue weighted by Gasteiger charge is -2.04. The van der Waals surface area contributed by atoms with Gasteiger partial charge < -0.3 is 10.6 Å². The fourth-order valence-corrected chi connectivity index (χ4v) is 1.46. The first kappa shape index (κ1) is 12.3. The van der Waals surface area contributed by atoms with Gasteiger partial charge in [-0.3, -0.25) is 0 Å². The fraction of sp³-hybridized carbons (Fsp3) is 0.300. The number of oxime groups is 1. The minimum absolute atomic E-state index is 0.263. The zero-order valence-corrected chi connectivity index (χ0v) is 9.63. The van der Waals surface area contributed by atoms with Crippen LogP contribution in [0.2, 0.25) is 10.0 Å². The van der Waals surface area contributed by atoms with Gasteiger partial charge in [-0.25, -0.2) is 0 Å². The van der Waals surface area contributed by atoms with Gasteiger partial charge in [0.15, 0.2) is 0 Å². The van der Waals surface area contributed by atoms with Crippen LogP contribution in [-0.4, -0.2) is 12.8 Å². The van der Waals surface area contributed by atoms with Gasteiger partial charge in [0.2, 0.25) is 0 Å². The van der Waals surface area contributed by atoms with E-state index in [1.807, 2.05) is 0 Å². The van der Waals surface area contributed by atoms with E-state index >= 15 is 0 Å². The molecule has 1 rings (SSSR count). The second-order valence-corrected chi connectivity index (χ2v) is 3.65. The average Bonchev–Trinajstić information content (AvgIpc) is 2.21. The molecule has 2 N–H and O–H groups in total. The SMILES string of the molecule is NCC/C=N/OCc1c(Cl)cccc1Cl. The molecule has 0 aliphatic rings. The van der Waals surface area contributed by atoms with Crippen molar-refractivity contribution in [2.75, 3.05) is 6.54 Å². The van der Waals surface area contributed by atoms with Crippen LogP contribution in [0.4, 0.5) is 0 Å². The summed E-state index contributed by atoms with van der Waals surface area (Å²) in [5.74, 6) is 0. The van der Waals surface area contributed by atoms with Crippen molar-refractivity contribution in [1.29, 1.82) is 0 Å². The summed E-state index contributed by atoms with van der Waals surface area (Å²) >= 11 is 11.9. The Morgan fingerprint density at radius 2 is 2.00 bits per heavy atom. The smallest absolute Gasteiger partial charge is 0.145 e. The number of nitrogens with two attached hydrogens (primary N) is 1. The maximum absolute atomic E-state index is 5.93. The van der Waals surface area contributed by atoms with Crippen molar-refractivity contribution >= 4 is 29.4 Å². The number of hydrogen-bond donors (Lipinski definition) is 1. The molecule has 0 fully saturated rings. The number of hydrogen-bond acceptors (Lipinski definition) is 3. The van der Waals surface area contributed by atoms with E-state index in [1.165, 1.54) is 0 Å². The molecule has 0 heterocycles. The normalized spacial score (nSPS) is 10.9. The fourth-order valence-electron chi connectivity index (χ4n) is 0.952. The summed E-state index contributed by atoms with van der Waals surface area (Å²) in [7, 11) is 0. The number of halogens is 2. The van der Waals surface area contributed by atoms with E-state index in [2.05, 4.69) is 5.16 Å². The molecule has 3 nitrogen and oxygen atoms in total. The summed E-state index contributed by atoms with van der Waals surface area (Å²) in [6.07, 6.45) is 2.31.